The third-order valence-electron chi connectivity index (χ3n) is 2.43. The molecule has 2 aromatic rings. The number of hydrogen-bond donors (Lipinski definition) is 1. The molecule has 3 nitrogen and oxygen atoms in total. The van der Waals surface area contributed by atoms with Crippen LogP contribution in [0.25, 0.3) is 0 Å². The van der Waals surface area contributed by atoms with Gasteiger partial charge in [-0.05, 0) is 30.4 Å². The minimum Gasteiger partial charge on any atom is -0.472 e. The molecule has 0 aliphatic rings. The molecule has 1 aromatic carbocycles. The van der Waals surface area contributed by atoms with E-state index in [2.05, 4.69) is 37.0 Å². The van der Waals surface area contributed by atoms with Gasteiger partial charge in [0.05, 0.1) is 0 Å². The van der Waals surface area contributed by atoms with Crippen LogP contribution in [0.15, 0.2) is 36.5 Å². The number of benzene rings is 1. The van der Waals surface area contributed by atoms with Crippen LogP contribution in [0, 0.1) is 0 Å². The largest absolute Gasteiger partial charge is 0.472 e. The second-order valence-electron chi connectivity index (χ2n) is 3.49. The van der Waals surface area contributed by atoms with Crippen molar-refractivity contribution in [2.45, 2.75) is 20.0 Å². The molecule has 0 atom stereocenters. The van der Waals surface area contributed by atoms with E-state index in [1.54, 1.807) is 12.3 Å². The lowest BCUT2D eigenvalue weighted by Crippen LogP contribution is -1.99. The van der Waals surface area contributed by atoms with Crippen LogP contribution in [0.2, 0.25) is 0 Å². The molecule has 2 rings (SSSR count). The van der Waals surface area contributed by atoms with Crippen molar-refractivity contribution < 1.29 is 4.74 Å². The van der Waals surface area contributed by atoms with E-state index in [0.717, 1.165) is 6.42 Å². The molecule has 0 N–H and O–H groups in total. The van der Waals surface area contributed by atoms with E-state index in [1.807, 2.05) is 12.1 Å². The van der Waals surface area contributed by atoms with Crippen LogP contribution in [-0.4, -0.2) is 9.19 Å². The lowest BCUT2D eigenvalue weighted by Gasteiger charge is -2.07. The zero-order valence-corrected chi connectivity index (χ0v) is 10.0. The summed E-state index contributed by atoms with van der Waals surface area (Å²) in [6.07, 6.45) is 2.75. The maximum Gasteiger partial charge on any atom is 0.234 e. The van der Waals surface area contributed by atoms with Crippen LogP contribution in [0.4, 0.5) is 0 Å². The molecular formula is C12H14N2OS. The molecule has 84 valence electrons. The smallest absolute Gasteiger partial charge is 0.234 e. The Bertz CT molecular complexity index is 468. The predicted octanol–water partition coefficient (Wildman–Crippen LogP) is 2.72. The quantitative estimate of drug-likeness (QED) is 0.823. The van der Waals surface area contributed by atoms with E-state index >= 15 is 0 Å². The highest BCUT2D eigenvalue weighted by Gasteiger charge is 2.02. The fourth-order valence-electron chi connectivity index (χ4n) is 1.57. The topological polar surface area (TPSA) is 27.1 Å². The van der Waals surface area contributed by atoms with E-state index in [9.17, 15) is 0 Å². The molecule has 1 heterocycles. The summed E-state index contributed by atoms with van der Waals surface area (Å²) in [5.41, 5.74) is 2.52. The van der Waals surface area contributed by atoms with Crippen LogP contribution in [0.3, 0.4) is 0 Å². The van der Waals surface area contributed by atoms with Crippen LogP contribution in [-0.2, 0) is 13.0 Å². The fourth-order valence-corrected chi connectivity index (χ4v) is 1.72. The Balaban J connectivity index is 2.04. The van der Waals surface area contributed by atoms with Crippen molar-refractivity contribution in [3.8, 4) is 5.88 Å². The lowest BCUT2D eigenvalue weighted by atomic mass is 10.1. The number of aryl methyl sites for hydroxylation is 1. The van der Waals surface area contributed by atoms with Crippen LogP contribution >= 0.6 is 12.8 Å². The minimum atomic E-state index is 0.550. The summed E-state index contributed by atoms with van der Waals surface area (Å²) in [6.45, 7) is 2.69. The minimum absolute atomic E-state index is 0.550. The molecule has 1 aromatic heterocycles. The molecular weight excluding hydrogens is 220 g/mol. The Morgan fingerprint density at radius 1 is 1.25 bits per heavy atom. The van der Waals surface area contributed by atoms with Gasteiger partial charge >= 0.3 is 0 Å². The van der Waals surface area contributed by atoms with Gasteiger partial charge in [-0.25, -0.2) is 4.09 Å². The molecule has 4 heteroatoms. The summed E-state index contributed by atoms with van der Waals surface area (Å²) in [5.74, 6) is 0.598. The third kappa shape index (κ3) is 2.58. The zero-order chi connectivity index (χ0) is 11.4. The van der Waals surface area contributed by atoms with Gasteiger partial charge in [0.25, 0.3) is 0 Å². The van der Waals surface area contributed by atoms with Gasteiger partial charge in [-0.2, -0.15) is 0 Å². The molecule has 0 aliphatic heterocycles. The molecule has 0 aliphatic carbocycles. The first kappa shape index (κ1) is 11.1. The van der Waals surface area contributed by atoms with Crippen molar-refractivity contribution in [2.24, 2.45) is 0 Å². The predicted molar refractivity (Wildman–Crippen MR) is 66.8 cm³/mol. The standard InChI is InChI=1S/C12H14N2OS/c1-2-10-5-3-4-6-11(10)9-15-12-7-8-14(16)13-12/h3-8,16H,2,9H2,1H3. The average molecular weight is 234 g/mol. The van der Waals surface area contributed by atoms with Crippen LogP contribution in [0.5, 0.6) is 5.88 Å². The first-order chi connectivity index (χ1) is 7.79. The van der Waals surface area contributed by atoms with E-state index in [-0.39, 0.29) is 0 Å². The van der Waals surface area contributed by atoms with Gasteiger partial charge in [0.2, 0.25) is 5.88 Å². The molecule has 0 saturated heterocycles. The number of thiol groups is 1. The number of nitrogens with zero attached hydrogens (tertiary/aromatic N) is 2. The highest BCUT2D eigenvalue weighted by atomic mass is 32.1. The van der Waals surface area contributed by atoms with Crippen molar-refractivity contribution in [2.75, 3.05) is 0 Å². The lowest BCUT2D eigenvalue weighted by molar-refractivity contribution is 0.292. The van der Waals surface area contributed by atoms with E-state index in [1.165, 1.54) is 15.2 Å². The van der Waals surface area contributed by atoms with Gasteiger partial charge in [0, 0.05) is 12.3 Å². The van der Waals surface area contributed by atoms with Crippen molar-refractivity contribution >= 4 is 12.8 Å². The SMILES string of the molecule is CCc1ccccc1COc1ccn(S)n1. The number of hydrogen-bond acceptors (Lipinski definition) is 3. The van der Waals surface area contributed by atoms with Gasteiger partial charge in [-0.15, -0.1) is 5.10 Å². The summed E-state index contributed by atoms with van der Waals surface area (Å²) in [4.78, 5) is 0. The van der Waals surface area contributed by atoms with Crippen molar-refractivity contribution in [1.82, 2.24) is 9.19 Å². The molecule has 0 amide bonds. The summed E-state index contributed by atoms with van der Waals surface area (Å²) in [6, 6.07) is 10.1. The van der Waals surface area contributed by atoms with Gasteiger partial charge in [0.15, 0.2) is 0 Å². The maximum absolute atomic E-state index is 5.57. The summed E-state index contributed by atoms with van der Waals surface area (Å²) >= 11 is 4.05. The van der Waals surface area contributed by atoms with E-state index < -0.39 is 0 Å². The molecule has 0 saturated carbocycles. The Kier molecular flexibility index (Phi) is 3.51. The number of ether oxygens (including phenoxy) is 1. The monoisotopic (exact) mass is 234 g/mol. The summed E-state index contributed by atoms with van der Waals surface area (Å²) in [7, 11) is 0. The van der Waals surface area contributed by atoms with Crippen molar-refractivity contribution in [1.29, 1.82) is 0 Å². The van der Waals surface area contributed by atoms with Crippen molar-refractivity contribution in [3.63, 3.8) is 0 Å². The Labute approximate surface area is 101 Å². The number of aromatic nitrogens is 2. The highest BCUT2D eigenvalue weighted by molar-refractivity contribution is 7.78. The molecule has 0 unspecified atom stereocenters. The second kappa shape index (κ2) is 5.07. The third-order valence-corrected chi connectivity index (χ3v) is 2.65. The Morgan fingerprint density at radius 3 is 2.62 bits per heavy atom. The molecule has 0 fully saturated rings. The van der Waals surface area contributed by atoms with Gasteiger partial charge < -0.3 is 4.74 Å². The van der Waals surface area contributed by atoms with Gasteiger partial charge in [-0.1, -0.05) is 31.2 Å². The Hall–Kier alpha value is -1.42. The first-order valence-electron chi connectivity index (χ1n) is 5.24. The Morgan fingerprint density at radius 2 is 2.00 bits per heavy atom. The summed E-state index contributed by atoms with van der Waals surface area (Å²) < 4.78 is 7.01. The molecule has 0 spiro atoms. The molecule has 16 heavy (non-hydrogen) atoms. The maximum atomic E-state index is 5.57. The fraction of sp³-hybridized carbons (Fsp3) is 0.250. The molecule has 0 bridgehead atoms. The van der Waals surface area contributed by atoms with Crippen LogP contribution < -0.4 is 4.74 Å². The van der Waals surface area contributed by atoms with Crippen molar-refractivity contribution in [3.05, 3.63) is 47.7 Å². The number of rotatable bonds is 4. The zero-order valence-electron chi connectivity index (χ0n) is 9.13. The van der Waals surface area contributed by atoms with Gasteiger partial charge in [0.1, 0.15) is 6.61 Å². The van der Waals surface area contributed by atoms with E-state index in [0.29, 0.717) is 12.5 Å². The first-order valence-corrected chi connectivity index (χ1v) is 5.64. The highest BCUT2D eigenvalue weighted by Crippen LogP contribution is 2.13. The van der Waals surface area contributed by atoms with Crippen LogP contribution in [0.1, 0.15) is 18.1 Å². The van der Waals surface area contributed by atoms with E-state index in [4.69, 9.17) is 4.74 Å². The normalized spacial score (nSPS) is 10.4. The van der Waals surface area contributed by atoms with Gasteiger partial charge in [-0.3, -0.25) is 0 Å². The average Bonchev–Trinajstić information content (AvgIpc) is 2.73. The summed E-state index contributed by atoms with van der Waals surface area (Å²) in [5, 5.41) is 4.04. The molecule has 0 radical (unpaired) electrons. The second-order valence-corrected chi connectivity index (χ2v) is 3.90.